The third-order valence-electron chi connectivity index (χ3n) is 5.74. The summed E-state index contributed by atoms with van der Waals surface area (Å²) in [5.41, 5.74) is 0.824. The van der Waals surface area contributed by atoms with Gasteiger partial charge < -0.3 is 20.6 Å². The van der Waals surface area contributed by atoms with Crippen LogP contribution in [0.5, 0.6) is 11.5 Å². The van der Waals surface area contributed by atoms with Crippen LogP contribution in [-0.4, -0.2) is 43.0 Å². The largest absolute Gasteiger partial charge is 0.507 e. The molecule has 180 valence electrons. The first kappa shape index (κ1) is 24.1. The lowest BCUT2D eigenvalue weighted by Gasteiger charge is -2.13. The van der Waals surface area contributed by atoms with Crippen LogP contribution in [0.1, 0.15) is 36.7 Å². The number of nitrogens with one attached hydrogen (secondary N) is 1. The van der Waals surface area contributed by atoms with Gasteiger partial charge in [0.2, 0.25) is 0 Å². The van der Waals surface area contributed by atoms with E-state index in [1.807, 2.05) is 31.2 Å². The first-order valence-corrected chi connectivity index (χ1v) is 11.5. The number of unbranched alkanes of at least 4 members (excludes halogenated alkanes) is 1. The normalized spacial score (nSPS) is 11.9. The zero-order valence-corrected chi connectivity index (χ0v) is 19.7. The van der Waals surface area contributed by atoms with Crippen molar-refractivity contribution in [2.45, 2.75) is 32.2 Å². The van der Waals surface area contributed by atoms with E-state index in [1.165, 1.54) is 28.9 Å². The number of phenolic OH excluding ortho intramolecular Hbond substituents is 2. The predicted octanol–water partition coefficient (Wildman–Crippen LogP) is 5.13. The second-order valence-electron chi connectivity index (χ2n) is 8.12. The number of carboxylic acid groups (broad SMARTS) is 1. The van der Waals surface area contributed by atoms with Crippen molar-refractivity contribution in [1.29, 1.82) is 0 Å². The molecule has 1 unspecified atom stereocenters. The number of carbonyl (C=O) groups excluding carboxylic acids is 1. The molecule has 1 atom stereocenters. The molecule has 0 aliphatic carbocycles. The molecule has 4 N–H and O–H groups in total. The molecule has 1 amide bonds. The zero-order chi connectivity index (χ0) is 25.1. The molecule has 35 heavy (non-hydrogen) atoms. The molecule has 3 aromatic carbocycles. The summed E-state index contributed by atoms with van der Waals surface area (Å²) in [5, 5.41) is 39.6. The molecular weight excluding hydrogens is 470 g/mol. The molecule has 0 aliphatic heterocycles. The summed E-state index contributed by atoms with van der Waals surface area (Å²) in [5.74, 6) is -2.22. The Balaban J connectivity index is 1.88. The number of carbonyl (C=O) groups is 2. The molecule has 4 aromatic rings. The second-order valence-corrected chi connectivity index (χ2v) is 8.52. The maximum Gasteiger partial charge on any atom is 0.326 e. The molecule has 4 rings (SSSR count). The fourth-order valence-corrected chi connectivity index (χ4v) is 4.20. The van der Waals surface area contributed by atoms with Crippen molar-refractivity contribution >= 4 is 34.2 Å². The zero-order valence-electron chi connectivity index (χ0n) is 18.9. The van der Waals surface area contributed by atoms with Crippen LogP contribution >= 0.6 is 11.6 Å². The number of aromatic nitrogens is 2. The standard InChI is InChI=1S/C26H24ClN3O5/c1-2-3-9-18(26(34)35)28-25(33)19-14-21(24-22(31)10-6-11-23(24)32)30(29-19)20-13-12-17(27)15-7-4-5-8-16(15)20/h4-8,10-14,18,31-32H,2-3,9H2,1H3,(H,28,33)(H,34,35). The number of rotatable bonds is 8. The summed E-state index contributed by atoms with van der Waals surface area (Å²) in [6.07, 6.45) is 1.71. The molecule has 9 heteroatoms. The molecule has 8 nitrogen and oxygen atoms in total. The number of nitrogens with zero attached hydrogens (tertiary/aromatic N) is 2. The van der Waals surface area contributed by atoms with Gasteiger partial charge in [-0.05, 0) is 36.8 Å². The fourth-order valence-electron chi connectivity index (χ4n) is 3.97. The lowest BCUT2D eigenvalue weighted by atomic mass is 10.1. The third-order valence-corrected chi connectivity index (χ3v) is 6.07. The highest BCUT2D eigenvalue weighted by atomic mass is 35.5. The minimum absolute atomic E-state index is 0.0653. The van der Waals surface area contributed by atoms with Gasteiger partial charge in [0.1, 0.15) is 17.5 Å². The van der Waals surface area contributed by atoms with Gasteiger partial charge in [-0.1, -0.05) is 61.7 Å². The van der Waals surface area contributed by atoms with Gasteiger partial charge in [-0.15, -0.1) is 0 Å². The molecule has 0 saturated heterocycles. The summed E-state index contributed by atoms with van der Waals surface area (Å²) in [4.78, 5) is 24.7. The maximum absolute atomic E-state index is 13.0. The van der Waals surface area contributed by atoms with E-state index in [9.17, 15) is 24.9 Å². The lowest BCUT2D eigenvalue weighted by Crippen LogP contribution is -2.40. The Kier molecular flexibility index (Phi) is 6.93. The Morgan fingerprint density at radius 2 is 1.71 bits per heavy atom. The van der Waals surface area contributed by atoms with Crippen molar-refractivity contribution < 1.29 is 24.9 Å². The number of aromatic hydroxyl groups is 2. The van der Waals surface area contributed by atoms with E-state index in [4.69, 9.17) is 11.6 Å². The van der Waals surface area contributed by atoms with E-state index < -0.39 is 17.9 Å². The predicted molar refractivity (Wildman–Crippen MR) is 133 cm³/mol. The van der Waals surface area contributed by atoms with Gasteiger partial charge in [-0.2, -0.15) is 5.10 Å². The first-order valence-electron chi connectivity index (χ1n) is 11.1. The van der Waals surface area contributed by atoms with E-state index in [0.29, 0.717) is 17.1 Å². The van der Waals surface area contributed by atoms with Crippen LogP contribution in [0.15, 0.2) is 60.7 Å². The van der Waals surface area contributed by atoms with Gasteiger partial charge in [0, 0.05) is 15.8 Å². The van der Waals surface area contributed by atoms with Crippen LogP contribution < -0.4 is 5.32 Å². The highest BCUT2D eigenvalue weighted by molar-refractivity contribution is 6.35. The number of phenols is 2. The molecule has 0 radical (unpaired) electrons. The van der Waals surface area contributed by atoms with E-state index >= 15 is 0 Å². The highest BCUT2D eigenvalue weighted by Crippen LogP contribution is 2.39. The SMILES string of the molecule is CCCCC(NC(=O)c1cc(-c2c(O)cccc2O)n(-c2ccc(Cl)c3ccccc23)n1)C(=O)O. The average molecular weight is 494 g/mol. The van der Waals surface area contributed by atoms with Crippen LogP contribution in [0.3, 0.4) is 0 Å². The topological polar surface area (TPSA) is 125 Å². The molecular formula is C26H24ClN3O5. The summed E-state index contributed by atoms with van der Waals surface area (Å²) >= 11 is 6.38. The first-order chi connectivity index (χ1) is 16.8. The molecule has 0 spiro atoms. The number of hydrogen-bond acceptors (Lipinski definition) is 5. The van der Waals surface area contributed by atoms with Crippen molar-refractivity contribution in [3.8, 4) is 28.4 Å². The quantitative estimate of drug-likeness (QED) is 0.269. The van der Waals surface area contributed by atoms with Crippen LogP contribution in [0.2, 0.25) is 5.02 Å². The number of fused-ring (bicyclic) bond motifs is 1. The smallest absolute Gasteiger partial charge is 0.326 e. The Labute approximate surface area is 206 Å². The van der Waals surface area contributed by atoms with Gasteiger partial charge in [0.15, 0.2) is 5.69 Å². The highest BCUT2D eigenvalue weighted by Gasteiger charge is 2.25. The number of aliphatic carboxylic acids is 1. The molecule has 0 bridgehead atoms. The Bertz CT molecular complexity index is 1400. The van der Waals surface area contributed by atoms with E-state index in [1.54, 1.807) is 12.1 Å². The van der Waals surface area contributed by atoms with E-state index in [0.717, 1.165) is 17.2 Å². The van der Waals surface area contributed by atoms with Crippen molar-refractivity contribution in [1.82, 2.24) is 15.1 Å². The molecule has 0 aliphatic rings. The number of benzene rings is 3. The van der Waals surface area contributed by atoms with Gasteiger partial charge in [0.05, 0.1) is 16.9 Å². The van der Waals surface area contributed by atoms with Gasteiger partial charge >= 0.3 is 5.97 Å². The van der Waals surface area contributed by atoms with Crippen molar-refractivity contribution in [2.75, 3.05) is 0 Å². The number of halogens is 1. The lowest BCUT2D eigenvalue weighted by molar-refractivity contribution is -0.139. The summed E-state index contributed by atoms with van der Waals surface area (Å²) in [7, 11) is 0. The molecule has 1 heterocycles. The summed E-state index contributed by atoms with van der Waals surface area (Å²) in [6.45, 7) is 1.93. The van der Waals surface area contributed by atoms with Crippen LogP contribution in [-0.2, 0) is 4.79 Å². The average Bonchev–Trinajstić information content (AvgIpc) is 3.26. The monoisotopic (exact) mass is 493 g/mol. The summed E-state index contributed by atoms with van der Waals surface area (Å²) in [6, 6.07) is 15.5. The second kappa shape index (κ2) is 10.1. The van der Waals surface area contributed by atoms with Crippen molar-refractivity contribution in [3.05, 3.63) is 71.4 Å². The van der Waals surface area contributed by atoms with Gasteiger partial charge in [-0.3, -0.25) is 4.79 Å². The molecule has 1 aromatic heterocycles. The van der Waals surface area contributed by atoms with Gasteiger partial charge in [0.25, 0.3) is 5.91 Å². The Morgan fingerprint density at radius 3 is 2.37 bits per heavy atom. The van der Waals surface area contributed by atoms with Crippen LogP contribution in [0.4, 0.5) is 0 Å². The van der Waals surface area contributed by atoms with Crippen LogP contribution in [0, 0.1) is 0 Å². The fraction of sp³-hybridized carbons (Fsp3) is 0.192. The Morgan fingerprint density at radius 1 is 1.03 bits per heavy atom. The van der Waals surface area contributed by atoms with E-state index in [2.05, 4.69) is 10.4 Å². The van der Waals surface area contributed by atoms with Crippen molar-refractivity contribution in [2.24, 2.45) is 0 Å². The Hall–Kier alpha value is -4.04. The molecule has 0 fully saturated rings. The third kappa shape index (κ3) is 4.79. The van der Waals surface area contributed by atoms with E-state index in [-0.39, 0.29) is 34.9 Å². The minimum atomic E-state index is -1.13. The maximum atomic E-state index is 13.0. The van der Waals surface area contributed by atoms with Crippen LogP contribution in [0.25, 0.3) is 27.7 Å². The molecule has 0 saturated carbocycles. The van der Waals surface area contributed by atoms with Gasteiger partial charge in [-0.25, -0.2) is 9.48 Å². The van der Waals surface area contributed by atoms with Crippen molar-refractivity contribution in [3.63, 3.8) is 0 Å². The summed E-state index contributed by atoms with van der Waals surface area (Å²) < 4.78 is 1.43. The number of amides is 1. The number of carboxylic acids is 1. The number of hydrogen-bond donors (Lipinski definition) is 4. The minimum Gasteiger partial charge on any atom is -0.507 e.